The molecule has 4 N–H and O–H groups in total. The van der Waals surface area contributed by atoms with Gasteiger partial charge in [-0.25, -0.2) is 23.4 Å². The van der Waals surface area contributed by atoms with Gasteiger partial charge in [-0.3, -0.25) is 0 Å². The van der Waals surface area contributed by atoms with Crippen molar-refractivity contribution in [2.45, 2.75) is 18.4 Å². The van der Waals surface area contributed by atoms with Gasteiger partial charge in [-0.2, -0.15) is 5.10 Å². The number of nitrogens with two attached hydrogens (primary N) is 1. The molecule has 122 valence electrons. The first-order chi connectivity index (χ1) is 10.9. The summed E-state index contributed by atoms with van der Waals surface area (Å²) >= 11 is 0. The number of nitrogens with one attached hydrogen (secondary N) is 2. The molecule has 1 aromatic carbocycles. The second kappa shape index (κ2) is 7.07. The Hall–Kier alpha value is -2.65. The first-order valence-corrected chi connectivity index (χ1v) is 8.09. The SMILES string of the molecule is Cc1ccc(S(=O)(=O)NCc2ccc(/C=N/NC(N)=O)o2)cc1. The summed E-state index contributed by atoms with van der Waals surface area (Å²) in [4.78, 5) is 10.6. The summed E-state index contributed by atoms with van der Waals surface area (Å²) in [6, 6.07) is 8.91. The van der Waals surface area contributed by atoms with E-state index in [4.69, 9.17) is 10.2 Å². The number of urea groups is 1. The molecule has 9 heteroatoms. The van der Waals surface area contributed by atoms with Gasteiger partial charge in [0.2, 0.25) is 10.0 Å². The third-order valence-corrected chi connectivity index (χ3v) is 4.23. The Morgan fingerprint density at radius 2 is 1.96 bits per heavy atom. The molecule has 2 aromatic rings. The lowest BCUT2D eigenvalue weighted by Gasteiger charge is -2.05. The predicted molar refractivity (Wildman–Crippen MR) is 84.2 cm³/mol. The van der Waals surface area contributed by atoms with E-state index in [1.54, 1.807) is 24.3 Å². The summed E-state index contributed by atoms with van der Waals surface area (Å²) in [7, 11) is -3.61. The molecule has 8 nitrogen and oxygen atoms in total. The van der Waals surface area contributed by atoms with Gasteiger partial charge in [0.25, 0.3) is 0 Å². The smallest absolute Gasteiger partial charge is 0.332 e. The van der Waals surface area contributed by atoms with Crippen LogP contribution in [0.4, 0.5) is 4.79 Å². The van der Waals surface area contributed by atoms with Crippen molar-refractivity contribution in [3.63, 3.8) is 0 Å². The average Bonchev–Trinajstić information content (AvgIpc) is 2.93. The van der Waals surface area contributed by atoms with E-state index in [0.29, 0.717) is 11.5 Å². The minimum atomic E-state index is -3.61. The van der Waals surface area contributed by atoms with Crippen LogP contribution in [0, 0.1) is 6.92 Å². The lowest BCUT2D eigenvalue weighted by molar-refractivity contribution is 0.249. The normalized spacial score (nSPS) is 11.7. The molecular formula is C14H16N4O4S. The zero-order valence-corrected chi connectivity index (χ0v) is 13.1. The maximum atomic E-state index is 12.1. The van der Waals surface area contributed by atoms with Gasteiger partial charge in [0, 0.05) is 0 Å². The molecule has 1 aromatic heterocycles. The molecule has 0 aliphatic rings. The molecule has 0 unspecified atom stereocenters. The summed E-state index contributed by atoms with van der Waals surface area (Å²) in [6.07, 6.45) is 1.25. The van der Waals surface area contributed by atoms with E-state index in [2.05, 4.69) is 9.82 Å². The molecule has 0 bridgehead atoms. The van der Waals surface area contributed by atoms with Crippen molar-refractivity contribution in [1.29, 1.82) is 0 Å². The molecule has 0 atom stereocenters. The van der Waals surface area contributed by atoms with E-state index in [9.17, 15) is 13.2 Å². The lowest BCUT2D eigenvalue weighted by atomic mass is 10.2. The van der Waals surface area contributed by atoms with Crippen molar-refractivity contribution in [2.75, 3.05) is 0 Å². The van der Waals surface area contributed by atoms with Crippen LogP contribution in [0.2, 0.25) is 0 Å². The Morgan fingerprint density at radius 1 is 1.26 bits per heavy atom. The molecule has 2 amide bonds. The van der Waals surface area contributed by atoms with Crippen LogP contribution in [-0.2, 0) is 16.6 Å². The highest BCUT2D eigenvalue weighted by Crippen LogP contribution is 2.11. The number of hydrogen-bond acceptors (Lipinski definition) is 5. The molecule has 2 rings (SSSR count). The second-order valence-corrected chi connectivity index (χ2v) is 6.44. The van der Waals surface area contributed by atoms with Crippen molar-refractivity contribution in [2.24, 2.45) is 10.8 Å². The molecule has 0 aliphatic heterocycles. The van der Waals surface area contributed by atoms with Gasteiger partial charge < -0.3 is 10.2 Å². The van der Waals surface area contributed by atoms with E-state index in [1.165, 1.54) is 18.3 Å². The predicted octanol–water partition coefficient (Wildman–Crippen LogP) is 1.07. The summed E-state index contributed by atoms with van der Waals surface area (Å²) < 4.78 is 32.1. The first-order valence-electron chi connectivity index (χ1n) is 6.60. The molecule has 0 saturated heterocycles. The average molecular weight is 336 g/mol. The van der Waals surface area contributed by atoms with Crippen LogP contribution in [0.1, 0.15) is 17.1 Å². The maximum absolute atomic E-state index is 12.1. The van der Waals surface area contributed by atoms with E-state index in [1.807, 2.05) is 12.3 Å². The van der Waals surface area contributed by atoms with Crippen molar-refractivity contribution in [1.82, 2.24) is 10.1 Å². The third-order valence-electron chi connectivity index (χ3n) is 2.82. The second-order valence-electron chi connectivity index (χ2n) is 4.68. The summed E-state index contributed by atoms with van der Waals surface area (Å²) in [6.45, 7) is 1.87. The number of carbonyl (C=O) groups excluding carboxylic acids is 1. The van der Waals surface area contributed by atoms with Crippen molar-refractivity contribution in [3.8, 4) is 0 Å². The zero-order valence-electron chi connectivity index (χ0n) is 12.3. The van der Waals surface area contributed by atoms with Gasteiger partial charge >= 0.3 is 6.03 Å². The van der Waals surface area contributed by atoms with Gasteiger partial charge in [-0.15, -0.1) is 0 Å². The number of sulfonamides is 1. The molecule has 0 aliphatic carbocycles. The number of hydrazone groups is 1. The third kappa shape index (κ3) is 4.94. The van der Waals surface area contributed by atoms with Crippen LogP contribution in [0.15, 0.2) is 50.8 Å². The minimum Gasteiger partial charge on any atom is -0.459 e. The van der Waals surface area contributed by atoms with Crippen molar-refractivity contribution >= 4 is 22.3 Å². The summed E-state index contributed by atoms with van der Waals surface area (Å²) in [5.41, 5.74) is 7.85. The lowest BCUT2D eigenvalue weighted by Crippen LogP contribution is -2.24. The highest BCUT2D eigenvalue weighted by molar-refractivity contribution is 7.89. The molecule has 0 spiro atoms. The van der Waals surface area contributed by atoms with Gasteiger partial charge in [-0.1, -0.05) is 17.7 Å². The molecule has 23 heavy (non-hydrogen) atoms. The van der Waals surface area contributed by atoms with Crippen LogP contribution in [-0.4, -0.2) is 20.7 Å². The quantitative estimate of drug-likeness (QED) is 0.538. The number of amides is 2. The Labute approximate surface area is 133 Å². The van der Waals surface area contributed by atoms with E-state index in [0.717, 1.165) is 5.56 Å². The van der Waals surface area contributed by atoms with Crippen LogP contribution in [0.5, 0.6) is 0 Å². The Morgan fingerprint density at radius 3 is 2.61 bits per heavy atom. The number of nitrogens with zero attached hydrogens (tertiary/aromatic N) is 1. The van der Waals surface area contributed by atoms with Crippen LogP contribution >= 0.6 is 0 Å². The van der Waals surface area contributed by atoms with Crippen molar-refractivity contribution < 1.29 is 17.6 Å². The van der Waals surface area contributed by atoms with Crippen LogP contribution in [0.3, 0.4) is 0 Å². The minimum absolute atomic E-state index is 0.00665. The van der Waals surface area contributed by atoms with Crippen LogP contribution < -0.4 is 15.9 Å². The fourth-order valence-corrected chi connectivity index (χ4v) is 2.68. The number of aryl methyl sites for hydroxylation is 1. The molecule has 1 heterocycles. The largest absolute Gasteiger partial charge is 0.459 e. The fourth-order valence-electron chi connectivity index (χ4n) is 1.69. The van der Waals surface area contributed by atoms with Gasteiger partial charge in [0.05, 0.1) is 17.7 Å². The number of primary amides is 1. The van der Waals surface area contributed by atoms with E-state index in [-0.39, 0.29) is 11.4 Å². The summed E-state index contributed by atoms with van der Waals surface area (Å²) in [5.74, 6) is 0.754. The molecule has 0 saturated carbocycles. The monoisotopic (exact) mass is 336 g/mol. The fraction of sp³-hybridized carbons (Fsp3) is 0.143. The number of carbonyl (C=O) groups is 1. The zero-order chi connectivity index (χ0) is 16.9. The molecule has 0 fully saturated rings. The topological polar surface area (TPSA) is 127 Å². The van der Waals surface area contributed by atoms with Gasteiger partial charge in [0.15, 0.2) is 0 Å². The molecule has 0 radical (unpaired) electrons. The van der Waals surface area contributed by atoms with Crippen LogP contribution in [0.25, 0.3) is 0 Å². The Kier molecular flexibility index (Phi) is 5.14. The standard InChI is InChI=1S/C14H16N4O4S/c1-10-2-6-13(7-3-10)23(20,21)17-9-12-5-4-11(22-12)8-16-18-14(15)19/h2-8,17H,9H2,1H3,(H3,15,18,19)/b16-8+. The van der Waals surface area contributed by atoms with Crippen molar-refractivity contribution in [3.05, 3.63) is 53.5 Å². The Bertz CT molecular complexity index is 810. The maximum Gasteiger partial charge on any atom is 0.332 e. The van der Waals surface area contributed by atoms with E-state index < -0.39 is 16.1 Å². The molecular weight excluding hydrogens is 320 g/mol. The number of benzene rings is 1. The van der Waals surface area contributed by atoms with E-state index >= 15 is 0 Å². The van der Waals surface area contributed by atoms with Gasteiger partial charge in [-0.05, 0) is 31.2 Å². The number of furan rings is 1. The summed E-state index contributed by atoms with van der Waals surface area (Å²) in [5, 5.41) is 3.54. The highest BCUT2D eigenvalue weighted by Gasteiger charge is 2.14. The number of rotatable bonds is 6. The number of hydrogen-bond donors (Lipinski definition) is 3. The highest BCUT2D eigenvalue weighted by atomic mass is 32.2. The first kappa shape index (κ1) is 16.7. The Balaban J connectivity index is 1.98. The van der Waals surface area contributed by atoms with Gasteiger partial charge in [0.1, 0.15) is 11.5 Å².